The lowest BCUT2D eigenvalue weighted by Gasteiger charge is -2.20. The van der Waals surface area contributed by atoms with Crippen molar-refractivity contribution in [3.63, 3.8) is 0 Å². The molecule has 0 aliphatic carbocycles. The lowest BCUT2D eigenvalue weighted by Crippen LogP contribution is -2.37. The minimum absolute atomic E-state index is 0.455. The Balaban J connectivity index is 1.73. The van der Waals surface area contributed by atoms with Gasteiger partial charge in [-0.15, -0.1) is 0 Å². The lowest BCUT2D eigenvalue weighted by atomic mass is 10.0. The first-order valence-electron chi connectivity index (χ1n) is 7.41. The molecule has 2 unspecified atom stereocenters. The summed E-state index contributed by atoms with van der Waals surface area (Å²) in [6.45, 7) is 7.61. The van der Waals surface area contributed by atoms with Crippen LogP contribution >= 0.6 is 0 Å². The van der Waals surface area contributed by atoms with Crippen molar-refractivity contribution in [1.29, 1.82) is 0 Å². The molecule has 0 aliphatic rings. The molecule has 0 saturated heterocycles. The number of benzene rings is 1. The Morgan fingerprint density at radius 3 is 2.80 bits per heavy atom. The third-order valence-electron chi connectivity index (χ3n) is 3.56. The standard InChI is InChI=1S/C17H25N3/c1-14-5-4-6-17(11-14)8-7-15(2)19-16(3)12-20-10-9-18-13-20/h4-6,9-11,13,15-16,19H,7-8,12H2,1-3H3. The van der Waals surface area contributed by atoms with Gasteiger partial charge in [0.25, 0.3) is 0 Å². The fourth-order valence-corrected chi connectivity index (χ4v) is 2.58. The molecule has 0 amide bonds. The molecule has 108 valence electrons. The van der Waals surface area contributed by atoms with Crippen LogP contribution in [0.25, 0.3) is 0 Å². The summed E-state index contributed by atoms with van der Waals surface area (Å²) in [6.07, 6.45) is 8.00. The molecule has 1 aromatic heterocycles. The Bertz CT molecular complexity index is 505. The fraction of sp³-hybridized carbons (Fsp3) is 0.471. The number of rotatable bonds is 7. The highest BCUT2D eigenvalue weighted by molar-refractivity contribution is 5.22. The molecule has 3 heteroatoms. The van der Waals surface area contributed by atoms with Gasteiger partial charge in [0.2, 0.25) is 0 Å². The van der Waals surface area contributed by atoms with Crippen molar-refractivity contribution in [3.05, 3.63) is 54.1 Å². The van der Waals surface area contributed by atoms with Crippen molar-refractivity contribution in [2.24, 2.45) is 0 Å². The van der Waals surface area contributed by atoms with Crippen LogP contribution in [0.2, 0.25) is 0 Å². The highest BCUT2D eigenvalue weighted by atomic mass is 15.1. The van der Waals surface area contributed by atoms with Gasteiger partial charge in [-0.1, -0.05) is 29.8 Å². The van der Waals surface area contributed by atoms with Crippen molar-refractivity contribution in [2.75, 3.05) is 0 Å². The number of nitrogens with one attached hydrogen (secondary N) is 1. The summed E-state index contributed by atoms with van der Waals surface area (Å²) in [7, 11) is 0. The molecule has 0 spiro atoms. The molecule has 0 aliphatic heterocycles. The van der Waals surface area contributed by atoms with Gasteiger partial charge in [0.1, 0.15) is 0 Å². The summed E-state index contributed by atoms with van der Waals surface area (Å²) in [5.74, 6) is 0. The molecule has 20 heavy (non-hydrogen) atoms. The average molecular weight is 271 g/mol. The van der Waals surface area contributed by atoms with E-state index in [1.165, 1.54) is 11.1 Å². The maximum atomic E-state index is 4.07. The number of imidazole rings is 1. The molecule has 0 fully saturated rings. The van der Waals surface area contributed by atoms with Crippen LogP contribution in [0.4, 0.5) is 0 Å². The Labute approximate surface area is 122 Å². The molecular weight excluding hydrogens is 246 g/mol. The monoisotopic (exact) mass is 271 g/mol. The van der Waals surface area contributed by atoms with Crippen molar-refractivity contribution in [1.82, 2.24) is 14.9 Å². The van der Waals surface area contributed by atoms with Crippen LogP contribution in [0.3, 0.4) is 0 Å². The zero-order valence-corrected chi connectivity index (χ0v) is 12.7. The highest BCUT2D eigenvalue weighted by Crippen LogP contribution is 2.08. The Kier molecular flexibility index (Phi) is 5.36. The molecule has 2 aromatic rings. The van der Waals surface area contributed by atoms with E-state index in [1.807, 2.05) is 18.7 Å². The van der Waals surface area contributed by atoms with E-state index in [0.717, 1.165) is 19.4 Å². The predicted molar refractivity (Wildman–Crippen MR) is 83.8 cm³/mol. The molecule has 2 rings (SSSR count). The third-order valence-corrected chi connectivity index (χ3v) is 3.56. The Morgan fingerprint density at radius 2 is 2.10 bits per heavy atom. The topological polar surface area (TPSA) is 29.9 Å². The summed E-state index contributed by atoms with van der Waals surface area (Å²) in [6, 6.07) is 9.77. The summed E-state index contributed by atoms with van der Waals surface area (Å²) < 4.78 is 2.12. The Morgan fingerprint density at radius 1 is 1.25 bits per heavy atom. The molecule has 0 bridgehead atoms. The average Bonchev–Trinajstić information content (AvgIpc) is 2.89. The second-order valence-electron chi connectivity index (χ2n) is 5.76. The number of hydrogen-bond acceptors (Lipinski definition) is 2. The molecular formula is C17H25N3. The Hall–Kier alpha value is -1.61. The highest BCUT2D eigenvalue weighted by Gasteiger charge is 2.08. The number of hydrogen-bond donors (Lipinski definition) is 1. The van der Waals surface area contributed by atoms with Crippen LogP contribution in [0.5, 0.6) is 0 Å². The molecule has 1 aromatic carbocycles. The van der Waals surface area contributed by atoms with Crippen LogP contribution in [-0.4, -0.2) is 21.6 Å². The first-order chi connectivity index (χ1) is 9.63. The minimum Gasteiger partial charge on any atom is -0.336 e. The van der Waals surface area contributed by atoms with E-state index in [0.29, 0.717) is 12.1 Å². The fourth-order valence-electron chi connectivity index (χ4n) is 2.58. The van der Waals surface area contributed by atoms with Gasteiger partial charge in [-0.3, -0.25) is 0 Å². The van der Waals surface area contributed by atoms with Crippen LogP contribution in [0.1, 0.15) is 31.4 Å². The summed E-state index contributed by atoms with van der Waals surface area (Å²) in [4.78, 5) is 4.07. The van der Waals surface area contributed by atoms with E-state index in [9.17, 15) is 0 Å². The molecule has 1 N–H and O–H groups in total. The van der Waals surface area contributed by atoms with E-state index in [4.69, 9.17) is 0 Å². The largest absolute Gasteiger partial charge is 0.336 e. The summed E-state index contributed by atoms with van der Waals surface area (Å²) in [5.41, 5.74) is 2.78. The molecule has 1 heterocycles. The van der Waals surface area contributed by atoms with E-state index in [1.54, 1.807) is 0 Å². The smallest absolute Gasteiger partial charge is 0.0946 e. The second kappa shape index (κ2) is 7.25. The SMILES string of the molecule is Cc1cccc(CCC(C)NC(C)Cn2ccnc2)c1. The van der Waals surface area contributed by atoms with Crippen molar-refractivity contribution < 1.29 is 0 Å². The second-order valence-corrected chi connectivity index (χ2v) is 5.76. The molecule has 2 atom stereocenters. The van der Waals surface area contributed by atoms with Gasteiger partial charge in [-0.2, -0.15) is 0 Å². The zero-order chi connectivity index (χ0) is 14.4. The van der Waals surface area contributed by atoms with Crippen molar-refractivity contribution in [3.8, 4) is 0 Å². The quantitative estimate of drug-likeness (QED) is 0.838. The zero-order valence-electron chi connectivity index (χ0n) is 12.7. The summed E-state index contributed by atoms with van der Waals surface area (Å²) >= 11 is 0. The van der Waals surface area contributed by atoms with E-state index in [-0.39, 0.29) is 0 Å². The van der Waals surface area contributed by atoms with Crippen molar-refractivity contribution in [2.45, 2.75) is 52.2 Å². The van der Waals surface area contributed by atoms with E-state index in [2.05, 4.69) is 59.9 Å². The van der Waals surface area contributed by atoms with Gasteiger partial charge in [-0.25, -0.2) is 4.98 Å². The minimum atomic E-state index is 0.455. The maximum absolute atomic E-state index is 4.07. The van der Waals surface area contributed by atoms with E-state index < -0.39 is 0 Å². The first kappa shape index (κ1) is 14.8. The third kappa shape index (κ3) is 4.82. The van der Waals surface area contributed by atoms with E-state index >= 15 is 0 Å². The van der Waals surface area contributed by atoms with Gasteiger partial charge < -0.3 is 9.88 Å². The van der Waals surface area contributed by atoms with Gasteiger partial charge in [0.15, 0.2) is 0 Å². The first-order valence-corrected chi connectivity index (χ1v) is 7.41. The molecule has 0 radical (unpaired) electrons. The van der Waals surface area contributed by atoms with Gasteiger partial charge >= 0.3 is 0 Å². The van der Waals surface area contributed by atoms with Crippen LogP contribution in [-0.2, 0) is 13.0 Å². The lowest BCUT2D eigenvalue weighted by molar-refractivity contribution is 0.408. The van der Waals surface area contributed by atoms with Crippen molar-refractivity contribution >= 4 is 0 Å². The van der Waals surface area contributed by atoms with Gasteiger partial charge in [0.05, 0.1) is 6.33 Å². The van der Waals surface area contributed by atoms with Gasteiger partial charge in [-0.05, 0) is 39.2 Å². The van der Waals surface area contributed by atoms with Crippen LogP contribution in [0.15, 0.2) is 43.0 Å². The van der Waals surface area contributed by atoms with Gasteiger partial charge in [0, 0.05) is 31.0 Å². The van der Waals surface area contributed by atoms with Crippen LogP contribution in [0, 0.1) is 6.92 Å². The predicted octanol–water partition coefficient (Wildman–Crippen LogP) is 3.19. The molecule has 0 saturated carbocycles. The normalized spacial score (nSPS) is 14.2. The maximum Gasteiger partial charge on any atom is 0.0946 e. The van der Waals surface area contributed by atoms with Crippen LogP contribution < -0.4 is 5.32 Å². The molecule has 3 nitrogen and oxygen atoms in total. The number of aryl methyl sites for hydroxylation is 2. The summed E-state index contributed by atoms with van der Waals surface area (Å²) in [5, 5.41) is 3.65. The number of aromatic nitrogens is 2. The number of nitrogens with zero attached hydrogens (tertiary/aromatic N) is 2.